The normalized spacial score (nSPS) is 12.4. The highest BCUT2D eigenvalue weighted by Crippen LogP contribution is 2.26. The van der Waals surface area contributed by atoms with Gasteiger partial charge >= 0.3 is 0 Å². The molecule has 6 nitrogen and oxygen atoms in total. The van der Waals surface area contributed by atoms with Crippen molar-refractivity contribution in [2.45, 2.75) is 32.2 Å². The minimum absolute atomic E-state index is 0.252. The summed E-state index contributed by atoms with van der Waals surface area (Å²) in [6, 6.07) is 4.41. The van der Waals surface area contributed by atoms with E-state index in [2.05, 4.69) is 33.0 Å². The topological polar surface area (TPSA) is 83.2 Å². The Bertz CT molecular complexity index is 779. The highest BCUT2D eigenvalue weighted by atomic mass is 15.3. The van der Waals surface area contributed by atoms with Gasteiger partial charge in [0.15, 0.2) is 0 Å². The molecule has 1 atom stereocenters. The molecular formula is C15H16N6. The average Bonchev–Trinajstić information content (AvgIpc) is 3.16. The summed E-state index contributed by atoms with van der Waals surface area (Å²) < 4.78 is 1.94. The number of nitrogens with zero attached hydrogens (tertiary/aromatic N) is 5. The van der Waals surface area contributed by atoms with E-state index in [1.165, 1.54) is 0 Å². The molecule has 3 heterocycles. The van der Waals surface area contributed by atoms with Crippen LogP contribution in [0.1, 0.15) is 32.2 Å². The molecule has 0 aliphatic carbocycles. The van der Waals surface area contributed by atoms with E-state index in [0.29, 0.717) is 6.42 Å². The van der Waals surface area contributed by atoms with Crippen LogP contribution in [-0.2, 0) is 0 Å². The number of nitrogens with one attached hydrogen (secondary N) is 1. The second-order valence-electron chi connectivity index (χ2n) is 4.93. The second-order valence-corrected chi connectivity index (χ2v) is 4.93. The number of aromatic amines is 1. The molecule has 21 heavy (non-hydrogen) atoms. The van der Waals surface area contributed by atoms with Crippen molar-refractivity contribution < 1.29 is 0 Å². The first kappa shape index (κ1) is 13.3. The zero-order valence-electron chi connectivity index (χ0n) is 11.8. The molecule has 0 saturated carbocycles. The molecule has 0 amide bonds. The van der Waals surface area contributed by atoms with Crippen molar-refractivity contribution in [2.24, 2.45) is 0 Å². The van der Waals surface area contributed by atoms with Crippen LogP contribution >= 0.6 is 0 Å². The number of H-pyrrole nitrogens is 1. The third kappa shape index (κ3) is 2.50. The smallest absolute Gasteiger partial charge is 0.141 e. The first-order valence-corrected chi connectivity index (χ1v) is 7.03. The summed E-state index contributed by atoms with van der Waals surface area (Å²) in [5.41, 5.74) is 2.67. The summed E-state index contributed by atoms with van der Waals surface area (Å²) in [7, 11) is 0. The van der Waals surface area contributed by atoms with Gasteiger partial charge in [0.05, 0.1) is 24.0 Å². The number of aromatic nitrogens is 5. The van der Waals surface area contributed by atoms with Gasteiger partial charge in [-0.25, -0.2) is 9.97 Å². The van der Waals surface area contributed by atoms with E-state index in [0.717, 1.165) is 35.1 Å². The van der Waals surface area contributed by atoms with E-state index in [4.69, 9.17) is 5.26 Å². The van der Waals surface area contributed by atoms with Gasteiger partial charge in [-0.1, -0.05) is 6.92 Å². The summed E-state index contributed by atoms with van der Waals surface area (Å²) in [5, 5.41) is 14.2. The summed E-state index contributed by atoms with van der Waals surface area (Å²) in [6.45, 7) is 2.11. The van der Waals surface area contributed by atoms with E-state index < -0.39 is 0 Å². The van der Waals surface area contributed by atoms with Crippen LogP contribution in [0.3, 0.4) is 0 Å². The molecule has 1 N–H and O–H groups in total. The van der Waals surface area contributed by atoms with Crippen LogP contribution in [0, 0.1) is 11.3 Å². The van der Waals surface area contributed by atoms with E-state index >= 15 is 0 Å². The zero-order valence-corrected chi connectivity index (χ0v) is 11.8. The molecule has 3 aromatic rings. The van der Waals surface area contributed by atoms with Crippen LogP contribution in [0.5, 0.6) is 0 Å². The number of hydrogen-bond acceptors (Lipinski definition) is 4. The summed E-state index contributed by atoms with van der Waals surface area (Å²) >= 11 is 0. The Morgan fingerprint density at radius 1 is 1.43 bits per heavy atom. The van der Waals surface area contributed by atoms with Crippen molar-refractivity contribution >= 4 is 11.0 Å². The third-order valence-corrected chi connectivity index (χ3v) is 3.66. The summed E-state index contributed by atoms with van der Waals surface area (Å²) in [6.07, 6.45) is 9.55. The van der Waals surface area contributed by atoms with Gasteiger partial charge in [-0.15, -0.1) is 0 Å². The monoisotopic (exact) mass is 280 g/mol. The molecule has 0 aliphatic heterocycles. The molecule has 0 radical (unpaired) electrons. The van der Waals surface area contributed by atoms with Crippen LogP contribution in [0.15, 0.2) is 31.0 Å². The fraction of sp³-hybridized carbons (Fsp3) is 0.333. The molecule has 0 aromatic carbocycles. The largest absolute Gasteiger partial charge is 0.346 e. The molecule has 0 saturated heterocycles. The first-order chi connectivity index (χ1) is 10.3. The lowest BCUT2D eigenvalue weighted by molar-refractivity contribution is 0.417. The minimum Gasteiger partial charge on any atom is -0.346 e. The third-order valence-electron chi connectivity index (χ3n) is 3.66. The lowest BCUT2D eigenvalue weighted by Crippen LogP contribution is -2.08. The number of nitriles is 1. The molecule has 106 valence electrons. The average molecular weight is 280 g/mol. The van der Waals surface area contributed by atoms with E-state index in [-0.39, 0.29) is 6.04 Å². The van der Waals surface area contributed by atoms with Crippen LogP contribution in [0.4, 0.5) is 0 Å². The number of hydrogen-bond donors (Lipinski definition) is 1. The number of fused-ring (bicyclic) bond motifs is 1. The van der Waals surface area contributed by atoms with Gasteiger partial charge in [-0.2, -0.15) is 10.4 Å². The predicted molar refractivity (Wildman–Crippen MR) is 79.3 cm³/mol. The van der Waals surface area contributed by atoms with Crippen molar-refractivity contribution in [3.63, 3.8) is 0 Å². The Kier molecular flexibility index (Phi) is 3.65. The van der Waals surface area contributed by atoms with Crippen molar-refractivity contribution in [1.29, 1.82) is 5.26 Å². The van der Waals surface area contributed by atoms with E-state index in [9.17, 15) is 0 Å². The summed E-state index contributed by atoms with van der Waals surface area (Å²) in [4.78, 5) is 11.7. The molecular weight excluding hydrogens is 264 g/mol. The van der Waals surface area contributed by atoms with Gasteiger partial charge in [0.1, 0.15) is 12.0 Å². The molecule has 6 heteroatoms. The first-order valence-electron chi connectivity index (χ1n) is 7.03. The van der Waals surface area contributed by atoms with Crippen molar-refractivity contribution in [1.82, 2.24) is 24.7 Å². The second kappa shape index (κ2) is 5.75. The molecule has 0 spiro atoms. The van der Waals surface area contributed by atoms with Gasteiger partial charge < -0.3 is 4.98 Å². The van der Waals surface area contributed by atoms with Crippen LogP contribution < -0.4 is 0 Å². The zero-order chi connectivity index (χ0) is 14.7. The minimum atomic E-state index is 0.252. The van der Waals surface area contributed by atoms with Crippen molar-refractivity contribution in [3.8, 4) is 17.3 Å². The lowest BCUT2D eigenvalue weighted by Gasteiger charge is -2.13. The highest BCUT2D eigenvalue weighted by molar-refractivity contribution is 5.89. The maximum absolute atomic E-state index is 8.74. The summed E-state index contributed by atoms with van der Waals surface area (Å²) in [5.74, 6) is 0. The lowest BCUT2D eigenvalue weighted by atomic mass is 10.1. The molecule has 3 aromatic heterocycles. The van der Waals surface area contributed by atoms with Crippen LogP contribution in [-0.4, -0.2) is 24.7 Å². The fourth-order valence-corrected chi connectivity index (χ4v) is 2.52. The quantitative estimate of drug-likeness (QED) is 0.778. The molecule has 3 rings (SSSR count). The highest BCUT2D eigenvalue weighted by Gasteiger charge is 2.13. The fourth-order valence-electron chi connectivity index (χ4n) is 2.52. The van der Waals surface area contributed by atoms with Gasteiger partial charge in [0, 0.05) is 29.8 Å². The van der Waals surface area contributed by atoms with Crippen molar-refractivity contribution in [3.05, 3.63) is 31.0 Å². The van der Waals surface area contributed by atoms with Gasteiger partial charge in [0.25, 0.3) is 0 Å². The molecule has 1 unspecified atom stereocenters. The molecule has 0 bridgehead atoms. The Balaban J connectivity index is 1.94. The standard InChI is InChI=1S/C15H16N6/c1-2-12(4-3-6-16)21-9-11(8-20-21)14-13-5-7-17-15(13)19-10-18-14/h5,7-10,12H,2-4H2,1H3,(H,17,18,19). The van der Waals surface area contributed by atoms with Crippen LogP contribution in [0.25, 0.3) is 22.3 Å². The van der Waals surface area contributed by atoms with Crippen LogP contribution in [0.2, 0.25) is 0 Å². The van der Waals surface area contributed by atoms with E-state index in [1.54, 1.807) is 6.33 Å². The number of rotatable bonds is 5. The maximum atomic E-state index is 8.74. The van der Waals surface area contributed by atoms with E-state index in [1.807, 2.05) is 29.3 Å². The van der Waals surface area contributed by atoms with Gasteiger partial charge in [0.2, 0.25) is 0 Å². The maximum Gasteiger partial charge on any atom is 0.141 e. The molecule has 0 aliphatic rings. The Morgan fingerprint density at radius 3 is 3.14 bits per heavy atom. The predicted octanol–water partition coefficient (Wildman–Crippen LogP) is 3.08. The van der Waals surface area contributed by atoms with Gasteiger partial charge in [-0.3, -0.25) is 4.68 Å². The SMILES string of the molecule is CCC(CCC#N)n1cc(-c2ncnc3[nH]ccc23)cn1. The Hall–Kier alpha value is -2.68. The van der Waals surface area contributed by atoms with Gasteiger partial charge in [-0.05, 0) is 18.9 Å². The molecule has 0 fully saturated rings. The van der Waals surface area contributed by atoms with Crippen molar-refractivity contribution in [2.75, 3.05) is 0 Å². The Labute approximate surface area is 122 Å². The Morgan fingerprint density at radius 2 is 2.33 bits per heavy atom.